The molecule has 1 aliphatic rings. The van der Waals surface area contributed by atoms with Crippen molar-refractivity contribution >= 4 is 11.8 Å². The Labute approximate surface area is 125 Å². The van der Waals surface area contributed by atoms with E-state index in [1.165, 1.54) is 0 Å². The zero-order valence-corrected chi connectivity index (χ0v) is 12.3. The van der Waals surface area contributed by atoms with E-state index in [0.29, 0.717) is 13.1 Å². The SMILES string of the molecule is CC(CNC(=O)C(=O)NCC1CCCO1)c1ccccc1. The predicted octanol–water partition coefficient (Wildman–Crippen LogP) is 1.20. The highest BCUT2D eigenvalue weighted by atomic mass is 16.5. The van der Waals surface area contributed by atoms with Crippen molar-refractivity contribution in [3.63, 3.8) is 0 Å². The molecule has 2 rings (SSSR count). The van der Waals surface area contributed by atoms with Crippen LogP contribution in [0.3, 0.4) is 0 Å². The van der Waals surface area contributed by atoms with Gasteiger partial charge in [0.1, 0.15) is 0 Å². The van der Waals surface area contributed by atoms with Crippen LogP contribution in [0.1, 0.15) is 31.2 Å². The molecule has 114 valence electrons. The molecule has 1 saturated heterocycles. The van der Waals surface area contributed by atoms with E-state index in [-0.39, 0.29) is 12.0 Å². The Bertz CT molecular complexity index is 470. The second-order valence-corrected chi connectivity index (χ2v) is 5.37. The third kappa shape index (κ3) is 4.86. The number of ether oxygens (including phenoxy) is 1. The van der Waals surface area contributed by atoms with Gasteiger partial charge < -0.3 is 15.4 Å². The molecule has 1 aromatic rings. The van der Waals surface area contributed by atoms with Gasteiger partial charge in [0.25, 0.3) is 0 Å². The van der Waals surface area contributed by atoms with Gasteiger partial charge in [-0.2, -0.15) is 0 Å². The fraction of sp³-hybridized carbons (Fsp3) is 0.500. The first kappa shape index (κ1) is 15.5. The molecule has 0 aliphatic carbocycles. The molecule has 2 unspecified atom stereocenters. The van der Waals surface area contributed by atoms with Gasteiger partial charge in [-0.25, -0.2) is 0 Å². The maximum Gasteiger partial charge on any atom is 0.309 e. The molecular weight excluding hydrogens is 268 g/mol. The molecule has 1 fully saturated rings. The van der Waals surface area contributed by atoms with Crippen LogP contribution in [0.4, 0.5) is 0 Å². The van der Waals surface area contributed by atoms with Crippen LogP contribution in [-0.4, -0.2) is 37.6 Å². The van der Waals surface area contributed by atoms with Crippen LogP contribution in [0, 0.1) is 0 Å². The lowest BCUT2D eigenvalue weighted by Crippen LogP contribution is -2.43. The van der Waals surface area contributed by atoms with Crippen molar-refractivity contribution in [2.45, 2.75) is 31.8 Å². The van der Waals surface area contributed by atoms with Crippen molar-refractivity contribution < 1.29 is 14.3 Å². The van der Waals surface area contributed by atoms with E-state index in [9.17, 15) is 9.59 Å². The molecule has 1 aromatic carbocycles. The lowest BCUT2D eigenvalue weighted by atomic mass is 10.0. The summed E-state index contributed by atoms with van der Waals surface area (Å²) in [4.78, 5) is 23.4. The Morgan fingerprint density at radius 1 is 1.24 bits per heavy atom. The molecule has 2 N–H and O–H groups in total. The van der Waals surface area contributed by atoms with Crippen LogP contribution in [0.25, 0.3) is 0 Å². The van der Waals surface area contributed by atoms with Gasteiger partial charge in [0.05, 0.1) is 6.10 Å². The van der Waals surface area contributed by atoms with Crippen molar-refractivity contribution in [3.05, 3.63) is 35.9 Å². The summed E-state index contributed by atoms with van der Waals surface area (Å²) in [5.41, 5.74) is 1.14. The maximum atomic E-state index is 11.7. The highest BCUT2D eigenvalue weighted by molar-refractivity contribution is 6.35. The summed E-state index contributed by atoms with van der Waals surface area (Å²) in [5.74, 6) is -1.01. The number of amides is 2. The number of carbonyl (C=O) groups is 2. The number of benzene rings is 1. The largest absolute Gasteiger partial charge is 0.376 e. The number of hydrogen-bond acceptors (Lipinski definition) is 3. The fourth-order valence-corrected chi connectivity index (χ4v) is 2.32. The van der Waals surface area contributed by atoms with Gasteiger partial charge in [-0.15, -0.1) is 0 Å². The Balaban J connectivity index is 1.69. The van der Waals surface area contributed by atoms with Crippen molar-refractivity contribution in [3.8, 4) is 0 Å². The summed E-state index contributed by atoms with van der Waals surface area (Å²) in [6.45, 7) is 3.60. The van der Waals surface area contributed by atoms with E-state index in [1.54, 1.807) is 0 Å². The normalized spacial score (nSPS) is 19.0. The first-order chi connectivity index (χ1) is 10.2. The highest BCUT2D eigenvalue weighted by Crippen LogP contribution is 2.13. The summed E-state index contributed by atoms with van der Waals surface area (Å²) in [7, 11) is 0. The minimum absolute atomic E-state index is 0.0463. The van der Waals surface area contributed by atoms with Gasteiger partial charge in [-0.1, -0.05) is 37.3 Å². The molecule has 0 aromatic heterocycles. The maximum absolute atomic E-state index is 11.7. The van der Waals surface area contributed by atoms with Gasteiger partial charge in [-0.05, 0) is 24.3 Å². The summed E-state index contributed by atoms with van der Waals surface area (Å²) >= 11 is 0. The smallest absolute Gasteiger partial charge is 0.309 e. The van der Waals surface area contributed by atoms with E-state index in [0.717, 1.165) is 25.0 Å². The van der Waals surface area contributed by atoms with Crippen LogP contribution in [0.2, 0.25) is 0 Å². The average Bonchev–Trinajstić information content (AvgIpc) is 3.04. The van der Waals surface area contributed by atoms with E-state index in [4.69, 9.17) is 4.74 Å². The van der Waals surface area contributed by atoms with Crippen molar-refractivity contribution in [2.75, 3.05) is 19.7 Å². The number of rotatable bonds is 5. The number of nitrogens with one attached hydrogen (secondary N) is 2. The van der Waals surface area contributed by atoms with Gasteiger partial charge in [0.15, 0.2) is 0 Å². The van der Waals surface area contributed by atoms with Crippen molar-refractivity contribution in [2.24, 2.45) is 0 Å². The van der Waals surface area contributed by atoms with Crippen molar-refractivity contribution in [1.29, 1.82) is 0 Å². The quantitative estimate of drug-likeness (QED) is 0.801. The molecule has 21 heavy (non-hydrogen) atoms. The zero-order valence-electron chi connectivity index (χ0n) is 12.3. The first-order valence-corrected chi connectivity index (χ1v) is 7.39. The second kappa shape index (κ2) is 7.78. The van der Waals surface area contributed by atoms with Crippen LogP contribution in [0.15, 0.2) is 30.3 Å². The third-order valence-corrected chi connectivity index (χ3v) is 3.66. The zero-order chi connectivity index (χ0) is 15.1. The van der Waals surface area contributed by atoms with Gasteiger partial charge in [-0.3, -0.25) is 9.59 Å². The fourth-order valence-electron chi connectivity index (χ4n) is 2.32. The summed E-state index contributed by atoms with van der Waals surface area (Å²) < 4.78 is 5.39. The molecule has 0 bridgehead atoms. The van der Waals surface area contributed by atoms with Gasteiger partial charge in [0, 0.05) is 19.7 Å². The first-order valence-electron chi connectivity index (χ1n) is 7.39. The summed E-state index contributed by atoms with van der Waals surface area (Å²) in [6, 6.07) is 9.89. The molecule has 1 heterocycles. The van der Waals surface area contributed by atoms with E-state index < -0.39 is 11.8 Å². The summed E-state index contributed by atoms with van der Waals surface area (Å²) in [5, 5.41) is 5.28. The van der Waals surface area contributed by atoms with Crippen LogP contribution in [-0.2, 0) is 14.3 Å². The average molecular weight is 290 g/mol. The lowest BCUT2D eigenvalue weighted by Gasteiger charge is -2.14. The standard InChI is InChI=1S/C16H22N2O3/c1-12(13-6-3-2-4-7-13)10-17-15(19)16(20)18-11-14-8-5-9-21-14/h2-4,6-7,12,14H,5,8-11H2,1H3,(H,17,19)(H,18,20). The molecule has 5 heteroatoms. The minimum atomic E-state index is -0.592. The van der Waals surface area contributed by atoms with Crippen LogP contribution >= 0.6 is 0 Å². The molecule has 0 saturated carbocycles. The topological polar surface area (TPSA) is 67.4 Å². The monoisotopic (exact) mass is 290 g/mol. The third-order valence-electron chi connectivity index (χ3n) is 3.66. The lowest BCUT2D eigenvalue weighted by molar-refractivity contribution is -0.139. The molecule has 2 amide bonds. The van der Waals surface area contributed by atoms with Gasteiger partial charge >= 0.3 is 11.8 Å². The van der Waals surface area contributed by atoms with Gasteiger partial charge in [0.2, 0.25) is 0 Å². The van der Waals surface area contributed by atoms with E-state index in [1.807, 2.05) is 37.3 Å². The predicted molar refractivity (Wildman–Crippen MR) is 79.9 cm³/mol. The Morgan fingerprint density at radius 2 is 1.95 bits per heavy atom. The second-order valence-electron chi connectivity index (χ2n) is 5.37. The van der Waals surface area contributed by atoms with Crippen LogP contribution < -0.4 is 10.6 Å². The molecule has 0 spiro atoms. The molecule has 5 nitrogen and oxygen atoms in total. The van der Waals surface area contributed by atoms with E-state index >= 15 is 0 Å². The Hall–Kier alpha value is -1.88. The Kier molecular flexibility index (Phi) is 5.75. The molecule has 1 aliphatic heterocycles. The number of carbonyl (C=O) groups excluding carboxylic acids is 2. The molecular formula is C16H22N2O3. The molecule has 0 radical (unpaired) electrons. The Morgan fingerprint density at radius 3 is 2.62 bits per heavy atom. The van der Waals surface area contributed by atoms with Crippen molar-refractivity contribution in [1.82, 2.24) is 10.6 Å². The highest BCUT2D eigenvalue weighted by Gasteiger charge is 2.19. The van der Waals surface area contributed by atoms with Crippen LogP contribution in [0.5, 0.6) is 0 Å². The number of hydrogen-bond donors (Lipinski definition) is 2. The molecule has 2 atom stereocenters. The summed E-state index contributed by atoms with van der Waals surface area (Å²) in [6.07, 6.45) is 2.00. The van der Waals surface area contributed by atoms with E-state index in [2.05, 4.69) is 10.6 Å². The minimum Gasteiger partial charge on any atom is -0.376 e.